The molecule has 4 rings (SSSR count). The van der Waals surface area contributed by atoms with E-state index in [9.17, 15) is 4.79 Å². The molecular formula is C19H24N4O2. The molecule has 1 saturated carbocycles. The fourth-order valence-electron chi connectivity index (χ4n) is 4.36. The van der Waals surface area contributed by atoms with Crippen LogP contribution in [0.2, 0.25) is 0 Å². The van der Waals surface area contributed by atoms with Crippen molar-refractivity contribution < 1.29 is 9.21 Å². The third-order valence-corrected chi connectivity index (χ3v) is 5.49. The average Bonchev–Trinajstić information content (AvgIpc) is 3.18. The molecule has 1 saturated heterocycles. The molecule has 3 atom stereocenters. The number of carbonyl (C=O) groups excluding carboxylic acids is 1. The Labute approximate surface area is 147 Å². The number of rotatable bonds is 2. The van der Waals surface area contributed by atoms with Crippen LogP contribution in [0.1, 0.15) is 44.9 Å². The number of benzene rings is 1. The minimum atomic E-state index is 0.0169. The van der Waals surface area contributed by atoms with Crippen LogP contribution in [0.15, 0.2) is 28.7 Å². The highest BCUT2D eigenvalue weighted by molar-refractivity contribution is 5.90. The van der Waals surface area contributed by atoms with E-state index >= 15 is 0 Å². The van der Waals surface area contributed by atoms with Gasteiger partial charge in [-0.15, -0.1) is 10.2 Å². The average molecular weight is 340 g/mol. The molecule has 2 aliphatic rings. The summed E-state index contributed by atoms with van der Waals surface area (Å²) in [5.41, 5.74) is 1.64. The molecule has 1 aliphatic heterocycles. The number of aromatic nitrogens is 2. The maximum Gasteiger partial charge on any atom is 0.322 e. The quantitative estimate of drug-likeness (QED) is 0.888. The topological polar surface area (TPSA) is 71.3 Å². The second-order valence-corrected chi connectivity index (χ2v) is 7.24. The lowest BCUT2D eigenvalue weighted by Gasteiger charge is -2.33. The first-order chi connectivity index (χ1) is 12.1. The maximum atomic E-state index is 12.8. The maximum absolute atomic E-state index is 12.8. The zero-order valence-corrected chi connectivity index (χ0v) is 14.7. The van der Waals surface area contributed by atoms with Gasteiger partial charge in [-0.3, -0.25) is 0 Å². The third kappa shape index (κ3) is 3.13. The Hall–Kier alpha value is -2.37. The zero-order chi connectivity index (χ0) is 17.4. The molecule has 1 aromatic heterocycles. The van der Waals surface area contributed by atoms with Gasteiger partial charge in [0.2, 0.25) is 11.8 Å². The molecule has 2 aromatic rings. The monoisotopic (exact) mass is 340 g/mol. The predicted octanol–water partition coefficient (Wildman–Crippen LogP) is 4.23. The van der Waals surface area contributed by atoms with Crippen molar-refractivity contribution in [1.29, 1.82) is 0 Å². The standard InChI is InChI=1S/C19H24N4O2/c1-12-11-15-5-3-4-6-17(15)23(12)19(24)20-16-9-7-14(8-10-16)18-22-21-13(2)25-18/h7-10,12,15,17H,3-6,11H2,1-2H3,(H,20,24)/t12-,15+,17+/m1/s1. The van der Waals surface area contributed by atoms with E-state index in [-0.39, 0.29) is 6.03 Å². The molecule has 132 valence electrons. The van der Waals surface area contributed by atoms with Crippen LogP contribution in [0.3, 0.4) is 0 Å². The second kappa shape index (κ2) is 6.50. The Morgan fingerprint density at radius 3 is 2.68 bits per heavy atom. The van der Waals surface area contributed by atoms with Gasteiger partial charge in [-0.2, -0.15) is 0 Å². The van der Waals surface area contributed by atoms with Gasteiger partial charge in [0.1, 0.15) is 0 Å². The molecular weight excluding hydrogens is 316 g/mol. The summed E-state index contributed by atoms with van der Waals surface area (Å²) < 4.78 is 5.43. The summed E-state index contributed by atoms with van der Waals surface area (Å²) >= 11 is 0. The third-order valence-electron chi connectivity index (χ3n) is 5.49. The van der Waals surface area contributed by atoms with Crippen LogP contribution in [0, 0.1) is 12.8 Å². The van der Waals surface area contributed by atoms with Crippen LogP contribution in [0.4, 0.5) is 10.5 Å². The Bertz CT molecular complexity index is 755. The lowest BCUT2D eigenvalue weighted by molar-refractivity contribution is 0.168. The first-order valence-electron chi connectivity index (χ1n) is 9.11. The van der Waals surface area contributed by atoms with Gasteiger partial charge < -0.3 is 14.6 Å². The Balaban J connectivity index is 1.45. The molecule has 0 bridgehead atoms. The highest BCUT2D eigenvalue weighted by atomic mass is 16.4. The highest BCUT2D eigenvalue weighted by Gasteiger charge is 2.42. The SMILES string of the molecule is Cc1nnc(-c2ccc(NC(=O)N3[C@H](C)C[C@@H]4CCCC[C@@H]43)cc2)o1. The molecule has 2 fully saturated rings. The number of likely N-dealkylation sites (tertiary alicyclic amines) is 1. The molecule has 2 heterocycles. The first kappa shape index (κ1) is 16.1. The minimum Gasteiger partial charge on any atom is -0.421 e. The number of urea groups is 1. The van der Waals surface area contributed by atoms with E-state index in [0.29, 0.717) is 29.8 Å². The fraction of sp³-hybridized carbons (Fsp3) is 0.526. The highest BCUT2D eigenvalue weighted by Crippen LogP contribution is 2.39. The van der Waals surface area contributed by atoms with Crippen LogP contribution < -0.4 is 5.32 Å². The summed E-state index contributed by atoms with van der Waals surface area (Å²) in [5.74, 6) is 1.71. The smallest absolute Gasteiger partial charge is 0.322 e. The molecule has 0 radical (unpaired) electrons. The van der Waals surface area contributed by atoms with Crippen molar-refractivity contribution in [3.05, 3.63) is 30.2 Å². The van der Waals surface area contributed by atoms with Crippen LogP contribution in [-0.2, 0) is 0 Å². The van der Waals surface area contributed by atoms with Crippen molar-refractivity contribution in [3.63, 3.8) is 0 Å². The minimum absolute atomic E-state index is 0.0169. The molecule has 1 N–H and O–H groups in total. The van der Waals surface area contributed by atoms with Crippen LogP contribution in [0.5, 0.6) is 0 Å². The van der Waals surface area contributed by atoms with Gasteiger partial charge >= 0.3 is 6.03 Å². The van der Waals surface area contributed by atoms with E-state index in [1.165, 1.54) is 19.3 Å². The van der Waals surface area contributed by atoms with Gasteiger partial charge in [0, 0.05) is 30.3 Å². The van der Waals surface area contributed by atoms with Crippen molar-refractivity contribution in [2.24, 2.45) is 5.92 Å². The molecule has 6 heteroatoms. The van der Waals surface area contributed by atoms with E-state index in [1.807, 2.05) is 24.3 Å². The van der Waals surface area contributed by atoms with Crippen LogP contribution >= 0.6 is 0 Å². The molecule has 2 amide bonds. The van der Waals surface area contributed by atoms with E-state index < -0.39 is 0 Å². The van der Waals surface area contributed by atoms with Crippen molar-refractivity contribution in [1.82, 2.24) is 15.1 Å². The van der Waals surface area contributed by atoms with Gasteiger partial charge in [0.15, 0.2) is 0 Å². The van der Waals surface area contributed by atoms with Gasteiger partial charge in [-0.05, 0) is 56.4 Å². The molecule has 6 nitrogen and oxygen atoms in total. The second-order valence-electron chi connectivity index (χ2n) is 7.24. The fourth-order valence-corrected chi connectivity index (χ4v) is 4.36. The van der Waals surface area contributed by atoms with Gasteiger partial charge in [-0.1, -0.05) is 12.8 Å². The largest absolute Gasteiger partial charge is 0.421 e. The Kier molecular flexibility index (Phi) is 4.19. The lowest BCUT2D eigenvalue weighted by atomic mass is 9.85. The molecule has 25 heavy (non-hydrogen) atoms. The molecule has 1 aliphatic carbocycles. The molecule has 1 aromatic carbocycles. The van der Waals surface area contributed by atoms with Gasteiger partial charge in [0.05, 0.1) is 0 Å². The molecule has 0 unspecified atom stereocenters. The van der Waals surface area contributed by atoms with Crippen molar-refractivity contribution in [3.8, 4) is 11.5 Å². The number of fused-ring (bicyclic) bond motifs is 1. The van der Waals surface area contributed by atoms with Crippen molar-refractivity contribution >= 4 is 11.7 Å². The number of amides is 2. The number of hydrogen-bond acceptors (Lipinski definition) is 4. The number of carbonyl (C=O) groups is 1. The number of nitrogens with zero attached hydrogens (tertiary/aromatic N) is 3. The summed E-state index contributed by atoms with van der Waals surface area (Å²) in [6, 6.07) is 8.28. The van der Waals surface area contributed by atoms with E-state index in [4.69, 9.17) is 4.42 Å². The molecule has 0 spiro atoms. The Morgan fingerprint density at radius 2 is 1.96 bits per heavy atom. The van der Waals surface area contributed by atoms with Crippen LogP contribution in [0.25, 0.3) is 11.5 Å². The Morgan fingerprint density at radius 1 is 1.20 bits per heavy atom. The van der Waals surface area contributed by atoms with Crippen LogP contribution in [-0.4, -0.2) is 33.2 Å². The van der Waals surface area contributed by atoms with E-state index in [2.05, 4.69) is 27.3 Å². The van der Waals surface area contributed by atoms with Gasteiger partial charge in [0.25, 0.3) is 0 Å². The number of aryl methyl sites for hydroxylation is 1. The zero-order valence-electron chi connectivity index (χ0n) is 14.7. The summed E-state index contributed by atoms with van der Waals surface area (Å²) in [4.78, 5) is 14.9. The summed E-state index contributed by atoms with van der Waals surface area (Å²) in [5, 5.41) is 10.9. The lowest BCUT2D eigenvalue weighted by Crippen LogP contribution is -2.44. The van der Waals surface area contributed by atoms with E-state index in [0.717, 1.165) is 24.1 Å². The predicted molar refractivity (Wildman–Crippen MR) is 95.2 cm³/mol. The number of anilines is 1. The summed E-state index contributed by atoms with van der Waals surface area (Å²) in [6.07, 6.45) is 6.07. The summed E-state index contributed by atoms with van der Waals surface area (Å²) in [7, 11) is 0. The van der Waals surface area contributed by atoms with Crippen molar-refractivity contribution in [2.45, 2.75) is 58.0 Å². The normalized spacial score (nSPS) is 25.7. The van der Waals surface area contributed by atoms with Gasteiger partial charge in [-0.25, -0.2) is 4.79 Å². The number of nitrogens with one attached hydrogen (secondary N) is 1. The number of hydrogen-bond donors (Lipinski definition) is 1. The first-order valence-corrected chi connectivity index (χ1v) is 9.11. The van der Waals surface area contributed by atoms with E-state index in [1.54, 1.807) is 6.92 Å². The summed E-state index contributed by atoms with van der Waals surface area (Å²) in [6.45, 7) is 3.93. The van der Waals surface area contributed by atoms with Crippen molar-refractivity contribution in [2.75, 3.05) is 5.32 Å².